The molecule has 0 bridgehead atoms. The maximum atomic E-state index is 11.2. The van der Waals surface area contributed by atoms with E-state index in [9.17, 15) is 9.59 Å². The van der Waals surface area contributed by atoms with E-state index in [-0.39, 0.29) is 11.9 Å². The fraction of sp³-hybridized carbons (Fsp3) is 0.818. The maximum absolute atomic E-state index is 11.2. The number of esters is 1. The zero-order chi connectivity index (χ0) is 11.3. The molecule has 1 aliphatic heterocycles. The van der Waals surface area contributed by atoms with Crippen molar-refractivity contribution in [2.24, 2.45) is 5.92 Å². The number of hydrogen-bond donors (Lipinski definition) is 0. The zero-order valence-corrected chi connectivity index (χ0v) is 9.32. The van der Waals surface area contributed by atoms with Crippen LogP contribution < -0.4 is 0 Å². The lowest BCUT2D eigenvalue weighted by Crippen LogP contribution is -2.16. The Kier molecular flexibility index (Phi) is 4.75. The first-order valence-electron chi connectivity index (χ1n) is 5.43. The van der Waals surface area contributed by atoms with Crippen molar-refractivity contribution in [2.45, 2.75) is 39.2 Å². The predicted molar refractivity (Wildman–Crippen MR) is 54.4 cm³/mol. The van der Waals surface area contributed by atoms with Crippen LogP contribution in [0.1, 0.15) is 33.1 Å². The summed E-state index contributed by atoms with van der Waals surface area (Å²) >= 11 is 0. The first-order valence-corrected chi connectivity index (χ1v) is 5.43. The summed E-state index contributed by atoms with van der Waals surface area (Å²) in [5.41, 5.74) is 0. The predicted octanol–water partition coefficient (Wildman–Crippen LogP) is 1.32. The highest BCUT2D eigenvalue weighted by atomic mass is 16.6. The average Bonchev–Trinajstić information content (AvgIpc) is 2.55. The standard InChI is InChI=1S/C11H18O4/c1-3-4-5-14-7-9-6-10(8(2)12)11(13)15-9/h9-10H,3-7H2,1-2H3/t9-,10+/m0/s1. The third-order valence-electron chi connectivity index (χ3n) is 2.50. The van der Waals surface area contributed by atoms with Gasteiger partial charge in [-0.2, -0.15) is 0 Å². The summed E-state index contributed by atoms with van der Waals surface area (Å²) < 4.78 is 10.4. The van der Waals surface area contributed by atoms with Gasteiger partial charge in [0.15, 0.2) is 0 Å². The number of rotatable bonds is 6. The molecule has 0 radical (unpaired) electrons. The van der Waals surface area contributed by atoms with Gasteiger partial charge in [0.2, 0.25) is 0 Å². The third-order valence-corrected chi connectivity index (χ3v) is 2.50. The van der Waals surface area contributed by atoms with Gasteiger partial charge in [0.05, 0.1) is 6.61 Å². The summed E-state index contributed by atoms with van der Waals surface area (Å²) in [5.74, 6) is -1.08. The average molecular weight is 214 g/mol. The van der Waals surface area contributed by atoms with E-state index in [0.29, 0.717) is 19.6 Å². The molecular formula is C11H18O4. The topological polar surface area (TPSA) is 52.6 Å². The van der Waals surface area contributed by atoms with Crippen LogP contribution in [-0.2, 0) is 19.1 Å². The number of Topliss-reactive ketones (excluding diaryl/α,β-unsaturated/α-hetero) is 1. The Morgan fingerprint density at radius 1 is 1.60 bits per heavy atom. The number of ketones is 1. The van der Waals surface area contributed by atoms with Crippen molar-refractivity contribution in [3.05, 3.63) is 0 Å². The fourth-order valence-corrected chi connectivity index (χ4v) is 1.55. The summed E-state index contributed by atoms with van der Waals surface area (Å²) in [6.45, 7) is 4.61. The van der Waals surface area contributed by atoms with E-state index in [0.717, 1.165) is 12.8 Å². The third kappa shape index (κ3) is 3.63. The van der Waals surface area contributed by atoms with Crippen LogP contribution in [0, 0.1) is 5.92 Å². The quantitative estimate of drug-likeness (QED) is 0.380. The van der Waals surface area contributed by atoms with Gasteiger partial charge in [0.1, 0.15) is 17.8 Å². The first kappa shape index (κ1) is 12.2. The van der Waals surface area contributed by atoms with Crippen molar-refractivity contribution in [1.82, 2.24) is 0 Å². The van der Waals surface area contributed by atoms with E-state index in [4.69, 9.17) is 9.47 Å². The second-order valence-corrected chi connectivity index (χ2v) is 3.89. The molecule has 4 nitrogen and oxygen atoms in total. The SMILES string of the molecule is CCCCOC[C@@H]1C[C@H](C(C)=O)C(=O)O1. The Bertz CT molecular complexity index is 237. The van der Waals surface area contributed by atoms with Gasteiger partial charge >= 0.3 is 5.97 Å². The minimum Gasteiger partial charge on any atom is -0.459 e. The first-order chi connectivity index (χ1) is 7.15. The lowest BCUT2D eigenvalue weighted by molar-refractivity contribution is -0.148. The highest BCUT2D eigenvalue weighted by Gasteiger charge is 2.37. The second kappa shape index (κ2) is 5.85. The van der Waals surface area contributed by atoms with Crippen LogP contribution in [0.15, 0.2) is 0 Å². The molecule has 0 aromatic rings. The molecule has 2 atom stereocenters. The van der Waals surface area contributed by atoms with Crippen molar-refractivity contribution in [3.8, 4) is 0 Å². The summed E-state index contributed by atoms with van der Waals surface area (Å²) in [6, 6.07) is 0. The van der Waals surface area contributed by atoms with Crippen LogP contribution in [0.5, 0.6) is 0 Å². The molecule has 4 heteroatoms. The molecule has 0 N–H and O–H groups in total. The maximum Gasteiger partial charge on any atom is 0.316 e. The molecule has 86 valence electrons. The van der Waals surface area contributed by atoms with Crippen molar-refractivity contribution in [2.75, 3.05) is 13.2 Å². The minimum absolute atomic E-state index is 0.115. The molecule has 0 saturated carbocycles. The van der Waals surface area contributed by atoms with E-state index in [1.807, 2.05) is 0 Å². The molecule has 0 aliphatic carbocycles. The number of cyclic esters (lactones) is 1. The van der Waals surface area contributed by atoms with Crippen LogP contribution in [0.3, 0.4) is 0 Å². The molecule has 0 spiro atoms. The number of hydrogen-bond acceptors (Lipinski definition) is 4. The van der Waals surface area contributed by atoms with E-state index < -0.39 is 11.9 Å². The van der Waals surface area contributed by atoms with Gasteiger partial charge in [-0.05, 0) is 13.3 Å². The molecule has 0 unspecified atom stereocenters. The van der Waals surface area contributed by atoms with Gasteiger partial charge in [-0.3, -0.25) is 9.59 Å². The molecule has 1 fully saturated rings. The van der Waals surface area contributed by atoms with Crippen LogP contribution in [0.2, 0.25) is 0 Å². The Morgan fingerprint density at radius 3 is 2.87 bits per heavy atom. The van der Waals surface area contributed by atoms with Crippen molar-refractivity contribution >= 4 is 11.8 Å². The highest BCUT2D eigenvalue weighted by Crippen LogP contribution is 2.22. The molecule has 1 heterocycles. The van der Waals surface area contributed by atoms with E-state index >= 15 is 0 Å². The Labute approximate surface area is 89.9 Å². The van der Waals surface area contributed by atoms with Crippen molar-refractivity contribution < 1.29 is 19.1 Å². The van der Waals surface area contributed by atoms with Crippen LogP contribution in [0.25, 0.3) is 0 Å². The normalized spacial score (nSPS) is 25.3. The van der Waals surface area contributed by atoms with Crippen molar-refractivity contribution in [1.29, 1.82) is 0 Å². The zero-order valence-electron chi connectivity index (χ0n) is 9.32. The van der Waals surface area contributed by atoms with Gasteiger partial charge in [-0.1, -0.05) is 13.3 Å². The van der Waals surface area contributed by atoms with Crippen LogP contribution in [0.4, 0.5) is 0 Å². The fourth-order valence-electron chi connectivity index (χ4n) is 1.55. The molecule has 1 saturated heterocycles. The molecule has 15 heavy (non-hydrogen) atoms. The summed E-state index contributed by atoms with van der Waals surface area (Å²) in [6.07, 6.45) is 2.33. The summed E-state index contributed by atoms with van der Waals surface area (Å²) in [7, 11) is 0. The molecule has 1 rings (SSSR count). The Morgan fingerprint density at radius 2 is 2.33 bits per heavy atom. The van der Waals surface area contributed by atoms with Gasteiger partial charge in [-0.15, -0.1) is 0 Å². The van der Waals surface area contributed by atoms with E-state index in [2.05, 4.69) is 6.92 Å². The monoisotopic (exact) mass is 214 g/mol. The van der Waals surface area contributed by atoms with Gasteiger partial charge in [0, 0.05) is 13.0 Å². The second-order valence-electron chi connectivity index (χ2n) is 3.89. The number of carbonyl (C=O) groups is 2. The number of ether oxygens (including phenoxy) is 2. The molecular weight excluding hydrogens is 196 g/mol. The number of carbonyl (C=O) groups excluding carboxylic acids is 2. The Hall–Kier alpha value is -0.900. The smallest absolute Gasteiger partial charge is 0.316 e. The van der Waals surface area contributed by atoms with Gasteiger partial charge in [0.25, 0.3) is 0 Å². The molecule has 0 aromatic carbocycles. The Balaban J connectivity index is 2.23. The van der Waals surface area contributed by atoms with Crippen molar-refractivity contribution in [3.63, 3.8) is 0 Å². The molecule has 0 aromatic heterocycles. The van der Waals surface area contributed by atoms with Crippen LogP contribution in [-0.4, -0.2) is 31.1 Å². The molecule has 0 amide bonds. The largest absolute Gasteiger partial charge is 0.459 e. The highest BCUT2D eigenvalue weighted by molar-refractivity contribution is 5.98. The van der Waals surface area contributed by atoms with Crippen LogP contribution >= 0.6 is 0 Å². The van der Waals surface area contributed by atoms with Gasteiger partial charge < -0.3 is 9.47 Å². The number of unbranched alkanes of at least 4 members (excludes halogenated alkanes) is 1. The lowest BCUT2D eigenvalue weighted by Gasteiger charge is -2.08. The molecule has 1 aliphatic rings. The van der Waals surface area contributed by atoms with E-state index in [1.165, 1.54) is 6.92 Å². The summed E-state index contributed by atoms with van der Waals surface area (Å²) in [4.78, 5) is 22.3. The van der Waals surface area contributed by atoms with E-state index in [1.54, 1.807) is 0 Å². The summed E-state index contributed by atoms with van der Waals surface area (Å²) in [5, 5.41) is 0. The minimum atomic E-state index is -0.565. The van der Waals surface area contributed by atoms with Gasteiger partial charge in [-0.25, -0.2) is 0 Å². The lowest BCUT2D eigenvalue weighted by atomic mass is 10.0.